The minimum atomic E-state index is -0.434. The molecule has 148 valence electrons. The van der Waals surface area contributed by atoms with Crippen LogP contribution in [0.2, 0.25) is 0 Å². The molecule has 0 aromatic heterocycles. The van der Waals surface area contributed by atoms with Crippen molar-refractivity contribution in [3.8, 4) is 0 Å². The van der Waals surface area contributed by atoms with Crippen LogP contribution >= 0.6 is 0 Å². The van der Waals surface area contributed by atoms with Crippen LogP contribution in [0.4, 0.5) is 0 Å². The van der Waals surface area contributed by atoms with Gasteiger partial charge in [-0.25, -0.2) is 0 Å². The second-order valence-electron chi connectivity index (χ2n) is 8.57. The number of piperidine rings is 1. The van der Waals surface area contributed by atoms with E-state index in [0.29, 0.717) is 25.2 Å². The van der Waals surface area contributed by atoms with Crippen molar-refractivity contribution in [2.75, 3.05) is 19.6 Å². The molecule has 6 heteroatoms. The average molecular weight is 365 g/mol. The van der Waals surface area contributed by atoms with Gasteiger partial charge in [0.25, 0.3) is 0 Å². The van der Waals surface area contributed by atoms with Crippen LogP contribution in [0.1, 0.15) is 70.6 Å². The van der Waals surface area contributed by atoms with Gasteiger partial charge in [0, 0.05) is 23.8 Å². The molecule has 0 amide bonds. The van der Waals surface area contributed by atoms with Gasteiger partial charge < -0.3 is 10.4 Å². The van der Waals surface area contributed by atoms with Crippen LogP contribution in [-0.4, -0.2) is 52.6 Å². The Hall–Kier alpha value is -0.820. The van der Waals surface area contributed by atoms with Gasteiger partial charge in [0.1, 0.15) is 11.6 Å². The van der Waals surface area contributed by atoms with Crippen LogP contribution in [-0.2, 0) is 9.59 Å². The fourth-order valence-electron chi connectivity index (χ4n) is 5.10. The van der Waals surface area contributed by atoms with Crippen molar-refractivity contribution in [2.24, 2.45) is 17.8 Å². The van der Waals surface area contributed by atoms with Crippen molar-refractivity contribution in [3.05, 3.63) is 5.21 Å². The van der Waals surface area contributed by atoms with Crippen molar-refractivity contribution in [2.45, 2.75) is 76.7 Å². The number of rotatable bonds is 6. The maximum Gasteiger partial charge on any atom is 0.149 e. The van der Waals surface area contributed by atoms with Crippen molar-refractivity contribution < 1.29 is 14.8 Å². The van der Waals surface area contributed by atoms with E-state index >= 15 is 0 Å². The van der Waals surface area contributed by atoms with E-state index in [4.69, 9.17) is 5.21 Å². The fourth-order valence-corrected chi connectivity index (χ4v) is 5.10. The average Bonchev–Trinajstić information content (AvgIpc) is 2.68. The van der Waals surface area contributed by atoms with Gasteiger partial charge in [0.05, 0.1) is 6.54 Å². The first-order valence-electron chi connectivity index (χ1n) is 10.5. The molecule has 2 saturated carbocycles. The van der Waals surface area contributed by atoms with Crippen molar-refractivity contribution >= 4 is 11.6 Å². The Kier molecular flexibility index (Phi) is 7.20. The van der Waals surface area contributed by atoms with Crippen LogP contribution in [0, 0.1) is 23.0 Å². The molecule has 26 heavy (non-hydrogen) atoms. The minimum absolute atomic E-state index is 0.0296. The lowest BCUT2D eigenvalue weighted by atomic mass is 9.78. The first kappa shape index (κ1) is 19.9. The van der Waals surface area contributed by atoms with Crippen molar-refractivity contribution in [1.29, 1.82) is 0 Å². The normalized spacial score (nSPS) is 29.8. The summed E-state index contributed by atoms with van der Waals surface area (Å²) in [5, 5.41) is 20.2. The quantitative estimate of drug-likeness (QED) is 0.728. The van der Waals surface area contributed by atoms with Gasteiger partial charge in [-0.15, -0.1) is 0 Å². The number of likely N-dealkylation sites (tertiary alicyclic amines) is 1. The Morgan fingerprint density at radius 1 is 0.885 bits per heavy atom. The Morgan fingerprint density at radius 3 is 2.15 bits per heavy atom. The van der Waals surface area contributed by atoms with E-state index in [-0.39, 0.29) is 28.8 Å². The summed E-state index contributed by atoms with van der Waals surface area (Å²) in [5.41, 5.74) is 0. The standard InChI is InChI=1S/C20H33N2O4/c23-19(17-7-4-8-18(13-17)22(25)26)14-21-11-9-16(10-12-21)20(24)15-5-2-1-3-6-15/h15-18,25H,1-14H2/q-1. The predicted octanol–water partition coefficient (Wildman–Crippen LogP) is 3.16. The molecule has 2 atom stereocenters. The minimum Gasteiger partial charge on any atom is -0.762 e. The monoisotopic (exact) mass is 365 g/mol. The molecular formula is C20H33N2O4-. The summed E-state index contributed by atoms with van der Waals surface area (Å²) in [4.78, 5) is 27.4. The van der Waals surface area contributed by atoms with E-state index in [1.54, 1.807) is 0 Å². The summed E-state index contributed by atoms with van der Waals surface area (Å²) in [7, 11) is 0. The molecule has 3 aliphatic rings. The van der Waals surface area contributed by atoms with Gasteiger partial charge in [-0.3, -0.25) is 19.7 Å². The largest absolute Gasteiger partial charge is 0.762 e. The Labute approximate surface area is 156 Å². The molecule has 2 unspecified atom stereocenters. The van der Waals surface area contributed by atoms with Gasteiger partial charge in [-0.05, 0) is 58.0 Å². The molecule has 0 aromatic rings. The van der Waals surface area contributed by atoms with E-state index in [1.165, 1.54) is 19.3 Å². The first-order chi connectivity index (χ1) is 12.5. The molecule has 0 bridgehead atoms. The molecule has 3 fully saturated rings. The van der Waals surface area contributed by atoms with Crippen LogP contribution < -0.4 is 0 Å². The molecule has 1 N–H and O–H groups in total. The van der Waals surface area contributed by atoms with Gasteiger partial charge in [-0.1, -0.05) is 25.7 Å². The highest BCUT2D eigenvalue weighted by Gasteiger charge is 2.33. The molecule has 0 spiro atoms. The number of ketones is 2. The third kappa shape index (κ3) is 5.12. The Balaban J connectivity index is 1.42. The molecule has 0 radical (unpaired) electrons. The summed E-state index contributed by atoms with van der Waals surface area (Å²) in [5.74, 6) is 1.03. The highest BCUT2D eigenvalue weighted by molar-refractivity contribution is 5.84. The molecule has 3 rings (SSSR count). The van der Waals surface area contributed by atoms with Crippen LogP contribution in [0.15, 0.2) is 0 Å². The number of hydroxylamine groups is 2. The second-order valence-corrected chi connectivity index (χ2v) is 8.57. The number of carbonyl (C=O) groups is 2. The van der Waals surface area contributed by atoms with Gasteiger partial charge in [0.2, 0.25) is 0 Å². The molecule has 1 aliphatic heterocycles. The van der Waals surface area contributed by atoms with E-state index in [1.807, 2.05) is 0 Å². The lowest BCUT2D eigenvalue weighted by Crippen LogP contribution is -2.43. The lowest BCUT2D eigenvalue weighted by molar-refractivity contribution is -0.131. The molecule has 1 saturated heterocycles. The van der Waals surface area contributed by atoms with Crippen molar-refractivity contribution in [3.63, 3.8) is 0 Å². The van der Waals surface area contributed by atoms with E-state index in [9.17, 15) is 14.8 Å². The fraction of sp³-hybridized carbons (Fsp3) is 0.900. The van der Waals surface area contributed by atoms with E-state index in [2.05, 4.69) is 4.90 Å². The van der Waals surface area contributed by atoms with Gasteiger partial charge in [-0.2, -0.15) is 0 Å². The molecule has 1 heterocycles. The molecule has 0 aromatic carbocycles. The number of nitrogens with zero attached hydrogens (tertiary/aromatic N) is 2. The lowest BCUT2D eigenvalue weighted by Gasteiger charge is -2.38. The zero-order valence-corrected chi connectivity index (χ0v) is 15.8. The summed E-state index contributed by atoms with van der Waals surface area (Å²) in [6, 6.07) is -0.434. The summed E-state index contributed by atoms with van der Waals surface area (Å²) in [6.07, 6.45) is 10.3. The Morgan fingerprint density at radius 2 is 1.50 bits per heavy atom. The smallest absolute Gasteiger partial charge is 0.149 e. The highest BCUT2D eigenvalue weighted by atomic mass is 16.8. The SMILES string of the molecule is O=C(CN1CCC(C(=O)C2CCCCC2)CC1)C1CCCC(N([O-])O)C1. The second kappa shape index (κ2) is 9.40. The Bertz CT molecular complexity index is 482. The van der Waals surface area contributed by atoms with Crippen molar-refractivity contribution in [1.82, 2.24) is 10.1 Å². The highest BCUT2D eigenvalue weighted by Crippen LogP contribution is 2.31. The third-order valence-electron chi connectivity index (χ3n) is 6.79. The molecular weight excluding hydrogens is 332 g/mol. The number of Topliss-reactive ketones (excluding diaryl/α,β-unsaturated/α-hetero) is 2. The number of hydrogen-bond donors (Lipinski definition) is 1. The zero-order chi connectivity index (χ0) is 18.5. The van der Waals surface area contributed by atoms with Crippen LogP contribution in [0.25, 0.3) is 0 Å². The predicted molar refractivity (Wildman–Crippen MR) is 98.5 cm³/mol. The van der Waals surface area contributed by atoms with Gasteiger partial charge >= 0.3 is 0 Å². The van der Waals surface area contributed by atoms with E-state index in [0.717, 1.165) is 51.6 Å². The topological polar surface area (TPSA) is 83.9 Å². The van der Waals surface area contributed by atoms with Gasteiger partial charge in [0.15, 0.2) is 0 Å². The zero-order valence-electron chi connectivity index (χ0n) is 15.8. The first-order valence-corrected chi connectivity index (χ1v) is 10.5. The summed E-state index contributed by atoms with van der Waals surface area (Å²) in [6.45, 7) is 2.06. The maximum absolute atomic E-state index is 12.7. The molecule has 6 nitrogen and oxygen atoms in total. The number of hydrogen-bond acceptors (Lipinski definition) is 6. The number of carbonyl (C=O) groups excluding carboxylic acids is 2. The van der Waals surface area contributed by atoms with Crippen LogP contribution in [0.5, 0.6) is 0 Å². The summed E-state index contributed by atoms with van der Waals surface area (Å²) < 4.78 is 0. The third-order valence-corrected chi connectivity index (χ3v) is 6.79. The van der Waals surface area contributed by atoms with Crippen LogP contribution in [0.3, 0.4) is 0 Å². The summed E-state index contributed by atoms with van der Waals surface area (Å²) >= 11 is 0. The maximum atomic E-state index is 12.7. The van der Waals surface area contributed by atoms with E-state index < -0.39 is 6.04 Å². The molecule has 2 aliphatic carbocycles.